The van der Waals surface area contributed by atoms with Crippen LogP contribution in [0.2, 0.25) is 10.0 Å². The molecule has 1 aromatic heterocycles. The lowest BCUT2D eigenvalue weighted by Gasteiger charge is -2.19. The van der Waals surface area contributed by atoms with Crippen molar-refractivity contribution in [3.8, 4) is 0 Å². The molecule has 0 spiro atoms. The number of benzene rings is 1. The molecule has 1 aromatic carbocycles. The number of nitrogens with zero attached hydrogens (tertiary/aromatic N) is 2. The van der Waals surface area contributed by atoms with Crippen molar-refractivity contribution < 1.29 is 14.3 Å². The Morgan fingerprint density at radius 1 is 1.50 bits per heavy atom. The third-order valence-electron chi connectivity index (χ3n) is 3.56. The van der Waals surface area contributed by atoms with Crippen LogP contribution in [-0.2, 0) is 4.74 Å². The molecule has 0 aliphatic carbocycles. The second-order valence-corrected chi connectivity index (χ2v) is 5.66. The number of rotatable bonds is 3. The number of hydrogen-bond donors (Lipinski definition) is 1. The van der Waals surface area contributed by atoms with E-state index in [1.807, 2.05) is 4.90 Å². The van der Waals surface area contributed by atoms with Gasteiger partial charge in [-0.1, -0.05) is 23.2 Å². The average Bonchev–Trinajstić information content (AvgIpc) is 3.01. The maximum atomic E-state index is 9.47. The molecule has 0 radical (unpaired) electrons. The summed E-state index contributed by atoms with van der Waals surface area (Å²) in [5, 5.41) is 10.4. The quantitative estimate of drug-likeness (QED) is 0.943. The summed E-state index contributed by atoms with van der Waals surface area (Å²) in [5.74, 6) is 0. The number of hydrogen-bond acceptors (Lipinski definition) is 5. The number of aromatic nitrogens is 1. The number of aliphatic hydroxyl groups is 1. The van der Waals surface area contributed by atoms with E-state index in [0.717, 1.165) is 6.42 Å². The lowest BCUT2D eigenvalue weighted by molar-refractivity contribution is 0.115. The molecule has 5 nitrogen and oxygen atoms in total. The van der Waals surface area contributed by atoms with Gasteiger partial charge in [0.25, 0.3) is 6.01 Å². The number of methoxy groups -OCH3 is 1. The summed E-state index contributed by atoms with van der Waals surface area (Å²) in [7, 11) is 1.66. The molecule has 1 N–H and O–H groups in total. The van der Waals surface area contributed by atoms with Gasteiger partial charge in [-0.05, 0) is 18.6 Å². The lowest BCUT2D eigenvalue weighted by atomic mass is 10.2. The molecule has 7 heteroatoms. The highest BCUT2D eigenvalue weighted by atomic mass is 35.5. The maximum Gasteiger partial charge on any atom is 0.298 e. The Morgan fingerprint density at radius 3 is 3.00 bits per heavy atom. The van der Waals surface area contributed by atoms with Crippen LogP contribution in [0.5, 0.6) is 0 Å². The fourth-order valence-electron chi connectivity index (χ4n) is 2.52. The molecular weight excluding hydrogens is 303 g/mol. The number of fused-ring (bicyclic) bond motifs is 1. The van der Waals surface area contributed by atoms with Crippen LogP contribution in [0.25, 0.3) is 11.1 Å². The molecule has 1 saturated heterocycles. The Morgan fingerprint density at radius 2 is 2.30 bits per heavy atom. The third kappa shape index (κ3) is 2.35. The van der Waals surface area contributed by atoms with E-state index in [-0.39, 0.29) is 18.8 Å². The summed E-state index contributed by atoms with van der Waals surface area (Å²) >= 11 is 12.1. The fourth-order valence-corrected chi connectivity index (χ4v) is 3.04. The molecule has 2 aromatic rings. The van der Waals surface area contributed by atoms with Crippen LogP contribution in [0.4, 0.5) is 6.01 Å². The Balaban J connectivity index is 1.99. The van der Waals surface area contributed by atoms with Gasteiger partial charge in [0, 0.05) is 18.7 Å². The van der Waals surface area contributed by atoms with Crippen LogP contribution < -0.4 is 4.90 Å². The monoisotopic (exact) mass is 316 g/mol. The average molecular weight is 317 g/mol. The van der Waals surface area contributed by atoms with Gasteiger partial charge in [0.2, 0.25) is 0 Å². The molecule has 1 aliphatic heterocycles. The topological polar surface area (TPSA) is 58.7 Å². The molecule has 0 bridgehead atoms. The lowest BCUT2D eigenvalue weighted by Crippen LogP contribution is -2.32. The van der Waals surface area contributed by atoms with Gasteiger partial charge >= 0.3 is 0 Å². The van der Waals surface area contributed by atoms with Crippen LogP contribution in [0, 0.1) is 0 Å². The van der Waals surface area contributed by atoms with E-state index in [1.165, 1.54) is 0 Å². The molecule has 1 fully saturated rings. The van der Waals surface area contributed by atoms with Crippen molar-refractivity contribution in [3.05, 3.63) is 22.2 Å². The first kappa shape index (κ1) is 13.9. The molecule has 0 saturated carbocycles. The van der Waals surface area contributed by atoms with E-state index in [1.54, 1.807) is 19.2 Å². The van der Waals surface area contributed by atoms with Gasteiger partial charge in [0.05, 0.1) is 23.8 Å². The van der Waals surface area contributed by atoms with Crippen molar-refractivity contribution in [2.45, 2.75) is 18.6 Å². The van der Waals surface area contributed by atoms with E-state index in [0.29, 0.717) is 33.7 Å². The normalized spacial score (nSPS) is 22.9. The van der Waals surface area contributed by atoms with Crippen molar-refractivity contribution >= 4 is 40.3 Å². The van der Waals surface area contributed by atoms with Gasteiger partial charge in [-0.2, -0.15) is 4.98 Å². The summed E-state index contributed by atoms with van der Waals surface area (Å²) < 4.78 is 11.1. The van der Waals surface area contributed by atoms with Gasteiger partial charge in [0.1, 0.15) is 5.52 Å². The summed E-state index contributed by atoms with van der Waals surface area (Å²) in [5.41, 5.74) is 1.11. The third-order valence-corrected chi connectivity index (χ3v) is 4.06. The Kier molecular flexibility index (Phi) is 3.77. The number of ether oxygens (including phenoxy) is 1. The molecule has 20 heavy (non-hydrogen) atoms. The maximum absolute atomic E-state index is 9.47. The minimum absolute atomic E-state index is 0.0209. The van der Waals surface area contributed by atoms with Crippen LogP contribution >= 0.6 is 23.2 Å². The van der Waals surface area contributed by atoms with Crippen LogP contribution in [0.3, 0.4) is 0 Å². The van der Waals surface area contributed by atoms with E-state index in [2.05, 4.69) is 4.98 Å². The van der Waals surface area contributed by atoms with Crippen molar-refractivity contribution in [1.29, 1.82) is 0 Å². The zero-order chi connectivity index (χ0) is 14.3. The fraction of sp³-hybridized carbons (Fsp3) is 0.462. The second kappa shape index (κ2) is 5.41. The van der Waals surface area contributed by atoms with Crippen LogP contribution in [0.1, 0.15) is 6.42 Å². The van der Waals surface area contributed by atoms with E-state index < -0.39 is 0 Å². The summed E-state index contributed by atoms with van der Waals surface area (Å²) in [6.45, 7) is 0.646. The first-order valence-corrected chi connectivity index (χ1v) is 7.04. The molecule has 108 valence electrons. The van der Waals surface area contributed by atoms with E-state index in [9.17, 15) is 5.11 Å². The summed E-state index contributed by atoms with van der Waals surface area (Å²) in [4.78, 5) is 6.31. The van der Waals surface area contributed by atoms with Crippen LogP contribution in [-0.4, -0.2) is 42.5 Å². The second-order valence-electron chi connectivity index (χ2n) is 4.81. The number of oxazole rings is 1. The molecule has 0 amide bonds. The van der Waals surface area contributed by atoms with Crippen molar-refractivity contribution in [2.24, 2.45) is 0 Å². The number of anilines is 1. The largest absolute Gasteiger partial charge is 0.422 e. The zero-order valence-corrected chi connectivity index (χ0v) is 12.4. The zero-order valence-electron chi connectivity index (χ0n) is 10.8. The van der Waals surface area contributed by atoms with Crippen molar-refractivity contribution in [2.75, 3.05) is 25.2 Å². The highest BCUT2D eigenvalue weighted by molar-refractivity contribution is 6.38. The van der Waals surface area contributed by atoms with Gasteiger partial charge in [0.15, 0.2) is 5.58 Å². The predicted molar refractivity (Wildman–Crippen MR) is 77.7 cm³/mol. The standard InChI is InChI=1S/C13H14Cl2N2O3/c1-19-9-4-8(6-18)17(5-9)13-16-11-3-7(14)2-10(15)12(11)20-13/h2-3,8-9,18H,4-6H2,1H3/t8-,9-/m0/s1. The molecule has 2 heterocycles. The smallest absolute Gasteiger partial charge is 0.298 e. The number of aliphatic hydroxyl groups excluding tert-OH is 1. The van der Waals surface area contributed by atoms with Crippen molar-refractivity contribution in [1.82, 2.24) is 4.98 Å². The Hall–Kier alpha value is -1.01. The molecular formula is C13H14Cl2N2O3. The summed E-state index contributed by atoms with van der Waals surface area (Å²) in [6.07, 6.45) is 0.793. The Labute approximate surface area is 126 Å². The van der Waals surface area contributed by atoms with Crippen molar-refractivity contribution in [3.63, 3.8) is 0 Å². The SMILES string of the molecule is CO[C@H]1C[C@@H](CO)N(c2nc3cc(Cl)cc(Cl)c3o2)C1. The highest BCUT2D eigenvalue weighted by Crippen LogP contribution is 2.34. The molecule has 0 unspecified atom stereocenters. The van der Waals surface area contributed by atoms with Gasteiger partial charge in [-0.3, -0.25) is 0 Å². The molecule has 2 atom stereocenters. The van der Waals surface area contributed by atoms with E-state index >= 15 is 0 Å². The number of halogens is 2. The van der Waals surface area contributed by atoms with Gasteiger partial charge in [-0.25, -0.2) is 0 Å². The van der Waals surface area contributed by atoms with Gasteiger partial charge < -0.3 is 19.2 Å². The van der Waals surface area contributed by atoms with E-state index in [4.69, 9.17) is 32.4 Å². The first-order chi connectivity index (χ1) is 9.62. The minimum atomic E-state index is -0.0674. The molecule has 1 aliphatic rings. The summed E-state index contributed by atoms with van der Waals surface area (Å²) in [6, 6.07) is 3.68. The Bertz CT molecular complexity index is 631. The highest BCUT2D eigenvalue weighted by Gasteiger charge is 2.34. The first-order valence-electron chi connectivity index (χ1n) is 6.28. The predicted octanol–water partition coefficient (Wildman–Crippen LogP) is 2.72. The molecule has 3 rings (SSSR count). The van der Waals surface area contributed by atoms with Crippen LogP contribution in [0.15, 0.2) is 16.5 Å². The minimum Gasteiger partial charge on any atom is -0.422 e. The van der Waals surface area contributed by atoms with Gasteiger partial charge in [-0.15, -0.1) is 0 Å².